The maximum atomic E-state index is 12.7. The molecule has 1 aliphatic rings. The van der Waals surface area contributed by atoms with Gasteiger partial charge < -0.3 is 10.6 Å². The summed E-state index contributed by atoms with van der Waals surface area (Å²) in [5.41, 5.74) is 1.69. The molecule has 3 rings (SSSR count). The molecule has 160 valence electrons. The van der Waals surface area contributed by atoms with E-state index in [9.17, 15) is 18.0 Å². The molecule has 0 unspecified atom stereocenters. The average molecular weight is 450 g/mol. The lowest BCUT2D eigenvalue weighted by atomic mass is 10.1. The maximum absolute atomic E-state index is 12.7. The molecule has 0 atom stereocenters. The van der Waals surface area contributed by atoms with E-state index < -0.39 is 15.9 Å². The average Bonchev–Trinajstić information content (AvgIpc) is 3.28. The highest BCUT2D eigenvalue weighted by Crippen LogP contribution is 2.25. The number of rotatable bonds is 7. The van der Waals surface area contributed by atoms with Gasteiger partial charge in [0.05, 0.1) is 22.0 Å². The Morgan fingerprint density at radius 1 is 1.10 bits per heavy atom. The van der Waals surface area contributed by atoms with Gasteiger partial charge in [0.1, 0.15) is 0 Å². The van der Waals surface area contributed by atoms with Crippen LogP contribution in [0.5, 0.6) is 0 Å². The number of halogens is 1. The molecular weight excluding hydrogens is 426 g/mol. The Kier molecular flexibility index (Phi) is 7.12. The number of benzene rings is 2. The predicted octanol–water partition coefficient (Wildman–Crippen LogP) is 3.06. The molecule has 30 heavy (non-hydrogen) atoms. The van der Waals surface area contributed by atoms with E-state index in [0.717, 1.165) is 24.8 Å². The molecule has 2 aromatic carbocycles. The minimum Gasteiger partial charge on any atom is -0.343 e. The van der Waals surface area contributed by atoms with Gasteiger partial charge in [0.25, 0.3) is 5.91 Å². The number of para-hydroxylation sites is 1. The Morgan fingerprint density at radius 2 is 1.80 bits per heavy atom. The topological polar surface area (TPSA) is 95.6 Å². The van der Waals surface area contributed by atoms with Crippen molar-refractivity contribution in [1.82, 2.24) is 9.62 Å². The third-order valence-electron chi connectivity index (χ3n) is 4.97. The number of amides is 2. The van der Waals surface area contributed by atoms with Crippen molar-refractivity contribution in [3.05, 3.63) is 58.6 Å². The molecule has 0 bridgehead atoms. The normalized spacial score (nSPS) is 14.5. The highest BCUT2D eigenvalue weighted by atomic mass is 35.5. The van der Waals surface area contributed by atoms with Crippen molar-refractivity contribution in [3.63, 3.8) is 0 Å². The second kappa shape index (κ2) is 9.59. The molecule has 7 nitrogen and oxygen atoms in total. The molecule has 1 saturated heterocycles. The van der Waals surface area contributed by atoms with E-state index in [4.69, 9.17) is 11.6 Å². The lowest BCUT2D eigenvalue weighted by Gasteiger charge is -2.16. The second-order valence-electron chi connectivity index (χ2n) is 6.99. The number of sulfonamides is 1. The smallest absolute Gasteiger partial charge is 0.253 e. The highest BCUT2D eigenvalue weighted by molar-refractivity contribution is 7.89. The lowest BCUT2D eigenvalue weighted by molar-refractivity contribution is -0.115. The maximum Gasteiger partial charge on any atom is 0.253 e. The zero-order valence-electron chi connectivity index (χ0n) is 16.7. The molecule has 0 radical (unpaired) electrons. The molecule has 0 aliphatic carbocycles. The Labute approximate surface area is 181 Å². The number of carbonyl (C=O) groups excluding carboxylic acids is 2. The van der Waals surface area contributed by atoms with Gasteiger partial charge in [-0.2, -0.15) is 4.31 Å². The molecule has 9 heteroatoms. The molecule has 2 N–H and O–H groups in total. The molecule has 2 aromatic rings. The number of nitrogens with zero attached hydrogens (tertiary/aromatic N) is 1. The molecule has 0 aromatic heterocycles. The summed E-state index contributed by atoms with van der Waals surface area (Å²) >= 11 is 6.12. The zero-order valence-corrected chi connectivity index (χ0v) is 18.2. The van der Waals surface area contributed by atoms with Crippen LogP contribution in [0.4, 0.5) is 5.69 Å². The largest absolute Gasteiger partial charge is 0.343 e. The van der Waals surface area contributed by atoms with Gasteiger partial charge in [-0.15, -0.1) is 0 Å². The molecule has 2 amide bonds. The third kappa shape index (κ3) is 5.00. The Bertz CT molecular complexity index is 1050. The summed E-state index contributed by atoms with van der Waals surface area (Å²) in [5, 5.41) is 5.38. The third-order valence-corrected chi connectivity index (χ3v) is 7.19. The summed E-state index contributed by atoms with van der Waals surface area (Å²) < 4.78 is 26.9. The first-order valence-electron chi connectivity index (χ1n) is 9.78. The molecule has 1 fully saturated rings. The number of carbonyl (C=O) groups is 2. The number of nitrogens with one attached hydrogen (secondary N) is 2. The Morgan fingerprint density at radius 3 is 2.50 bits per heavy atom. The fraction of sp³-hybridized carbons (Fsp3) is 0.333. The fourth-order valence-electron chi connectivity index (χ4n) is 3.32. The minimum absolute atomic E-state index is 0.0127. The van der Waals surface area contributed by atoms with Crippen LogP contribution < -0.4 is 10.6 Å². The van der Waals surface area contributed by atoms with Crippen molar-refractivity contribution in [3.8, 4) is 0 Å². The molecule has 1 heterocycles. The van der Waals surface area contributed by atoms with E-state index in [1.165, 1.54) is 22.5 Å². The molecule has 1 aliphatic heterocycles. The fourth-order valence-corrected chi connectivity index (χ4v) is 5.06. The first-order valence-corrected chi connectivity index (χ1v) is 11.6. The molecular formula is C21H24ClN3O4S. The van der Waals surface area contributed by atoms with Crippen LogP contribution in [0.1, 0.15) is 35.7 Å². The van der Waals surface area contributed by atoms with Gasteiger partial charge >= 0.3 is 0 Å². The number of aryl methyl sites for hydroxylation is 1. The summed E-state index contributed by atoms with van der Waals surface area (Å²) in [4.78, 5) is 24.8. The molecule has 0 saturated carbocycles. The van der Waals surface area contributed by atoms with Crippen LogP contribution in [-0.2, 0) is 21.2 Å². The van der Waals surface area contributed by atoms with E-state index in [0.29, 0.717) is 18.8 Å². The van der Waals surface area contributed by atoms with E-state index in [-0.39, 0.29) is 27.9 Å². The summed E-state index contributed by atoms with van der Waals surface area (Å²) in [7, 11) is -3.68. The van der Waals surface area contributed by atoms with E-state index in [2.05, 4.69) is 10.6 Å². The van der Waals surface area contributed by atoms with E-state index in [1.54, 1.807) is 6.07 Å². The number of hydrogen-bond acceptors (Lipinski definition) is 4. The first-order chi connectivity index (χ1) is 14.3. The van der Waals surface area contributed by atoms with Crippen LogP contribution >= 0.6 is 11.6 Å². The van der Waals surface area contributed by atoms with E-state index >= 15 is 0 Å². The van der Waals surface area contributed by atoms with Gasteiger partial charge in [-0.05, 0) is 49.1 Å². The van der Waals surface area contributed by atoms with Crippen molar-refractivity contribution in [2.45, 2.75) is 31.1 Å². The Hall–Kier alpha value is -2.42. The van der Waals surface area contributed by atoms with Gasteiger partial charge in [0, 0.05) is 18.8 Å². The number of anilines is 1. The second-order valence-corrected chi connectivity index (χ2v) is 9.34. The summed E-state index contributed by atoms with van der Waals surface area (Å²) in [5.74, 6) is -1.00. The van der Waals surface area contributed by atoms with Crippen LogP contribution in [0.2, 0.25) is 5.02 Å². The summed E-state index contributed by atoms with van der Waals surface area (Å²) in [6, 6.07) is 11.5. The quantitative estimate of drug-likeness (QED) is 0.679. The van der Waals surface area contributed by atoms with Crippen LogP contribution in [0.3, 0.4) is 0 Å². The van der Waals surface area contributed by atoms with Gasteiger partial charge in [-0.25, -0.2) is 8.42 Å². The van der Waals surface area contributed by atoms with Gasteiger partial charge in [-0.3, -0.25) is 9.59 Å². The first kappa shape index (κ1) is 22.3. The van der Waals surface area contributed by atoms with Gasteiger partial charge in [0.2, 0.25) is 15.9 Å². The van der Waals surface area contributed by atoms with Crippen molar-refractivity contribution >= 4 is 39.1 Å². The van der Waals surface area contributed by atoms with Crippen molar-refractivity contribution in [2.24, 2.45) is 0 Å². The van der Waals surface area contributed by atoms with Crippen LogP contribution in [-0.4, -0.2) is 44.2 Å². The van der Waals surface area contributed by atoms with Gasteiger partial charge in [-0.1, -0.05) is 36.7 Å². The summed E-state index contributed by atoms with van der Waals surface area (Å²) in [6.07, 6.45) is 2.39. The van der Waals surface area contributed by atoms with Crippen LogP contribution in [0.25, 0.3) is 0 Å². The lowest BCUT2D eigenvalue weighted by Crippen LogP contribution is -2.33. The predicted molar refractivity (Wildman–Crippen MR) is 116 cm³/mol. The van der Waals surface area contributed by atoms with Crippen molar-refractivity contribution in [1.29, 1.82) is 0 Å². The van der Waals surface area contributed by atoms with E-state index in [1.807, 2.05) is 25.1 Å². The Balaban J connectivity index is 1.68. The molecule has 0 spiro atoms. The van der Waals surface area contributed by atoms with Gasteiger partial charge in [0.15, 0.2) is 0 Å². The van der Waals surface area contributed by atoms with Crippen molar-refractivity contribution < 1.29 is 18.0 Å². The van der Waals surface area contributed by atoms with Crippen LogP contribution in [0.15, 0.2) is 47.4 Å². The minimum atomic E-state index is -3.68. The number of hydrogen-bond donors (Lipinski definition) is 2. The highest BCUT2D eigenvalue weighted by Gasteiger charge is 2.28. The monoisotopic (exact) mass is 449 g/mol. The van der Waals surface area contributed by atoms with Crippen molar-refractivity contribution in [2.75, 3.05) is 25.0 Å². The SMILES string of the molecule is CCc1ccccc1NC(=O)CNC(=O)c1cc(S(=O)(=O)N2CCCC2)ccc1Cl. The van der Waals surface area contributed by atoms with Crippen LogP contribution in [0, 0.1) is 0 Å². The standard InChI is InChI=1S/C21H24ClN3O4S/c1-2-15-7-3-4-8-19(15)24-20(26)14-23-21(27)17-13-16(9-10-18(17)22)30(28,29)25-11-5-6-12-25/h3-4,7-10,13H,2,5-6,11-12,14H2,1H3,(H,23,27)(H,24,26). The summed E-state index contributed by atoms with van der Waals surface area (Å²) in [6.45, 7) is 2.64. The zero-order chi connectivity index (χ0) is 21.7.